The molecule has 1 fully saturated rings. The minimum atomic E-state index is -1.02. The summed E-state index contributed by atoms with van der Waals surface area (Å²) >= 11 is 0. The van der Waals surface area contributed by atoms with Gasteiger partial charge in [0.1, 0.15) is 5.84 Å². The highest BCUT2D eigenvalue weighted by Gasteiger charge is 2.29. The molecule has 2 aromatic carbocycles. The van der Waals surface area contributed by atoms with Gasteiger partial charge in [0.25, 0.3) is 0 Å². The van der Waals surface area contributed by atoms with Crippen molar-refractivity contribution in [2.75, 3.05) is 50.3 Å². The van der Waals surface area contributed by atoms with Gasteiger partial charge >= 0.3 is 0 Å². The molecule has 0 bridgehead atoms. The van der Waals surface area contributed by atoms with Crippen LogP contribution in [0.25, 0.3) is 0 Å². The third kappa shape index (κ3) is 6.25. The second-order valence-electron chi connectivity index (χ2n) is 9.93. The Hall–Kier alpha value is -4.23. The van der Waals surface area contributed by atoms with Crippen LogP contribution in [0.2, 0.25) is 0 Å². The Morgan fingerprint density at radius 2 is 2.12 bits per heavy atom. The number of amides is 1. The van der Waals surface area contributed by atoms with Gasteiger partial charge in [-0.3, -0.25) is 14.8 Å². The summed E-state index contributed by atoms with van der Waals surface area (Å²) in [6.07, 6.45) is 2.82. The first-order valence-corrected chi connectivity index (χ1v) is 13.4. The van der Waals surface area contributed by atoms with E-state index in [2.05, 4.69) is 25.4 Å². The second kappa shape index (κ2) is 12.5. The number of carbonyl (C=O) groups excluding carboxylic acids is 1. The topological polar surface area (TPSA) is 141 Å². The highest BCUT2D eigenvalue weighted by Crippen LogP contribution is 2.38. The quantitative estimate of drug-likeness (QED) is 0.259. The van der Waals surface area contributed by atoms with E-state index >= 15 is 0 Å². The lowest BCUT2D eigenvalue weighted by atomic mass is 10.1. The number of aliphatic hydroxyl groups is 1. The summed E-state index contributed by atoms with van der Waals surface area (Å²) in [6.45, 7) is 2.48. The van der Waals surface area contributed by atoms with Gasteiger partial charge < -0.3 is 30.5 Å². The number of nitrogens with one attached hydrogen (secondary N) is 2. The van der Waals surface area contributed by atoms with Crippen LogP contribution in [-0.4, -0.2) is 78.1 Å². The number of nitrogens with zero attached hydrogens (tertiary/aromatic N) is 4. The molecule has 3 aromatic rings. The van der Waals surface area contributed by atoms with E-state index < -0.39 is 17.5 Å². The SMILES string of the molecule is COc1cc2c(cc1OCCCN1CCC[C@@H]1CO)NCN(c1cccc(F)c1F)C2=Nc1cc(CC(N)=O)[nH]n1. The first kappa shape index (κ1) is 28.3. The smallest absolute Gasteiger partial charge is 0.223 e. The number of halogens is 2. The molecule has 0 saturated carbocycles. The molecule has 41 heavy (non-hydrogen) atoms. The van der Waals surface area contributed by atoms with E-state index in [4.69, 9.17) is 15.2 Å². The van der Waals surface area contributed by atoms with Crippen LogP contribution in [0.3, 0.4) is 0 Å². The number of likely N-dealkylation sites (tertiary alicyclic amines) is 1. The predicted octanol–water partition coefficient (Wildman–Crippen LogP) is 2.92. The Bertz CT molecular complexity index is 1430. The largest absolute Gasteiger partial charge is 0.493 e. The number of rotatable bonds is 11. The van der Waals surface area contributed by atoms with Crippen LogP contribution >= 0.6 is 0 Å². The molecule has 1 amide bonds. The highest BCUT2D eigenvalue weighted by molar-refractivity contribution is 6.16. The van der Waals surface area contributed by atoms with E-state index in [-0.39, 0.29) is 43.1 Å². The van der Waals surface area contributed by atoms with Crippen LogP contribution in [-0.2, 0) is 11.2 Å². The van der Waals surface area contributed by atoms with Gasteiger partial charge in [-0.05, 0) is 44.0 Å². The molecule has 1 atom stereocenters. The molecule has 0 unspecified atom stereocenters. The summed E-state index contributed by atoms with van der Waals surface area (Å²) in [5.74, 6) is -1.07. The summed E-state index contributed by atoms with van der Waals surface area (Å²) in [5.41, 5.74) is 6.94. The molecule has 1 saturated heterocycles. The molecule has 5 N–H and O–H groups in total. The van der Waals surface area contributed by atoms with Crippen molar-refractivity contribution < 1.29 is 28.2 Å². The molecule has 3 heterocycles. The third-order valence-corrected chi connectivity index (χ3v) is 7.21. The van der Waals surface area contributed by atoms with Crippen molar-refractivity contribution in [1.29, 1.82) is 0 Å². The van der Waals surface area contributed by atoms with Crippen molar-refractivity contribution in [2.45, 2.75) is 31.7 Å². The molecule has 2 aliphatic rings. The Morgan fingerprint density at radius 3 is 2.90 bits per heavy atom. The molecule has 2 aliphatic heterocycles. The van der Waals surface area contributed by atoms with E-state index in [0.717, 1.165) is 38.4 Å². The molecule has 0 aliphatic carbocycles. The number of fused-ring (bicyclic) bond motifs is 1. The number of carbonyl (C=O) groups is 1. The summed E-state index contributed by atoms with van der Waals surface area (Å²) in [6, 6.07) is 9.21. The van der Waals surface area contributed by atoms with Gasteiger partial charge in [-0.15, -0.1) is 0 Å². The molecule has 1 aromatic heterocycles. The fourth-order valence-electron chi connectivity index (χ4n) is 5.21. The number of ether oxygens (including phenoxy) is 2. The number of hydrogen-bond donors (Lipinski definition) is 4. The van der Waals surface area contributed by atoms with Crippen molar-refractivity contribution in [3.63, 3.8) is 0 Å². The fraction of sp³-hybridized carbons (Fsp3) is 0.393. The molecule has 13 heteroatoms. The highest BCUT2D eigenvalue weighted by atomic mass is 19.2. The maximum absolute atomic E-state index is 14.9. The monoisotopic (exact) mass is 569 g/mol. The first-order valence-electron chi connectivity index (χ1n) is 13.4. The van der Waals surface area contributed by atoms with Crippen LogP contribution in [0.1, 0.15) is 30.5 Å². The number of nitrogens with two attached hydrogens (primary N) is 1. The molecule has 0 radical (unpaired) electrons. The fourth-order valence-corrected chi connectivity index (χ4v) is 5.21. The van der Waals surface area contributed by atoms with Gasteiger partial charge in [0.05, 0.1) is 44.8 Å². The van der Waals surface area contributed by atoms with Crippen LogP contribution in [0.4, 0.5) is 26.0 Å². The Kier molecular flexibility index (Phi) is 8.64. The maximum atomic E-state index is 14.9. The number of aliphatic imine (C=N–C) groups is 1. The van der Waals surface area contributed by atoms with Crippen molar-refractivity contribution in [3.05, 3.63) is 59.3 Å². The van der Waals surface area contributed by atoms with Gasteiger partial charge in [0, 0.05) is 36.0 Å². The zero-order valence-corrected chi connectivity index (χ0v) is 22.7. The number of hydrogen-bond acceptors (Lipinski definition) is 8. The lowest BCUT2D eigenvalue weighted by Gasteiger charge is -2.33. The van der Waals surface area contributed by atoms with Crippen molar-refractivity contribution in [1.82, 2.24) is 15.1 Å². The number of aromatic amines is 1. The maximum Gasteiger partial charge on any atom is 0.223 e. The van der Waals surface area contributed by atoms with Gasteiger partial charge in [-0.2, -0.15) is 5.10 Å². The average Bonchev–Trinajstić information content (AvgIpc) is 3.61. The number of anilines is 2. The number of amidine groups is 1. The second-order valence-corrected chi connectivity index (χ2v) is 9.93. The van der Waals surface area contributed by atoms with Gasteiger partial charge in [0.2, 0.25) is 5.91 Å². The van der Waals surface area contributed by atoms with Crippen LogP contribution in [0.15, 0.2) is 41.4 Å². The normalized spacial score (nSPS) is 17.9. The number of primary amides is 1. The van der Waals surface area contributed by atoms with Crippen LogP contribution in [0.5, 0.6) is 11.5 Å². The Balaban J connectivity index is 1.44. The lowest BCUT2D eigenvalue weighted by molar-refractivity contribution is -0.117. The third-order valence-electron chi connectivity index (χ3n) is 7.21. The van der Waals surface area contributed by atoms with Gasteiger partial charge in [0.15, 0.2) is 29.0 Å². The van der Waals surface area contributed by atoms with E-state index in [0.29, 0.717) is 35.1 Å². The van der Waals surface area contributed by atoms with E-state index in [1.807, 2.05) is 0 Å². The summed E-state index contributed by atoms with van der Waals surface area (Å²) < 4.78 is 40.8. The number of aliphatic hydroxyl groups excluding tert-OH is 1. The van der Waals surface area contributed by atoms with E-state index in [1.165, 1.54) is 24.1 Å². The minimum absolute atomic E-state index is 0.0165. The molecule has 218 valence electrons. The van der Waals surface area contributed by atoms with E-state index in [9.17, 15) is 18.7 Å². The number of H-pyrrole nitrogens is 1. The Morgan fingerprint density at radius 1 is 1.27 bits per heavy atom. The van der Waals surface area contributed by atoms with Crippen molar-refractivity contribution >= 4 is 28.9 Å². The van der Waals surface area contributed by atoms with Gasteiger partial charge in [-0.25, -0.2) is 13.8 Å². The van der Waals surface area contributed by atoms with Gasteiger partial charge in [-0.1, -0.05) is 6.07 Å². The predicted molar refractivity (Wildman–Crippen MR) is 150 cm³/mol. The molecule has 0 spiro atoms. The summed E-state index contributed by atoms with van der Waals surface area (Å²) in [7, 11) is 1.52. The Labute approximate surface area is 235 Å². The zero-order valence-electron chi connectivity index (χ0n) is 22.7. The van der Waals surface area contributed by atoms with Crippen LogP contribution in [0, 0.1) is 11.6 Å². The number of aromatic nitrogens is 2. The van der Waals surface area contributed by atoms with Crippen molar-refractivity contribution in [3.8, 4) is 11.5 Å². The van der Waals surface area contributed by atoms with Crippen LogP contribution < -0.4 is 25.4 Å². The van der Waals surface area contributed by atoms with Crippen molar-refractivity contribution in [2.24, 2.45) is 10.7 Å². The minimum Gasteiger partial charge on any atom is -0.493 e. The number of benzene rings is 2. The molecular weight excluding hydrogens is 536 g/mol. The molecular formula is C28H33F2N7O4. The zero-order chi connectivity index (χ0) is 28.9. The summed E-state index contributed by atoms with van der Waals surface area (Å²) in [4.78, 5) is 19.8. The number of methoxy groups -OCH3 is 1. The van der Waals surface area contributed by atoms with E-state index in [1.54, 1.807) is 18.2 Å². The standard InChI is InChI=1S/C28H33F2N7O4/c1-40-23-13-19-21(14-24(23)41-10-4-9-36-8-3-5-18(36)15-38)32-16-37(22-7-2-6-20(29)27(22)30)28(19)33-26-12-17(34-35-26)11-25(31)39/h2,6-7,12-14,18,32,38H,3-5,8-11,15-16H2,1H3,(H2,31,39)(H,34,35)/t18-/m1/s1. The molecule has 5 rings (SSSR count). The summed E-state index contributed by atoms with van der Waals surface area (Å²) in [5, 5.41) is 19.7. The average molecular weight is 570 g/mol. The lowest BCUT2D eigenvalue weighted by Crippen LogP contribution is -2.41. The first-order chi connectivity index (χ1) is 19.9. The molecule has 11 nitrogen and oxygen atoms in total.